The molecule has 8 heteroatoms. The third kappa shape index (κ3) is 3.01. The van der Waals surface area contributed by atoms with Crippen molar-refractivity contribution in [2.75, 3.05) is 6.61 Å². The Morgan fingerprint density at radius 2 is 1.85 bits per heavy atom. The minimum atomic E-state index is -0.581. The van der Waals surface area contributed by atoms with Crippen LogP contribution in [0.3, 0.4) is 0 Å². The average molecular weight is 497 g/mol. The summed E-state index contributed by atoms with van der Waals surface area (Å²) in [7, 11) is 0. The molecule has 0 saturated heterocycles. The zero-order valence-corrected chi connectivity index (χ0v) is 20.6. The summed E-state index contributed by atoms with van der Waals surface area (Å²) in [6.07, 6.45) is 0. The fraction of sp³-hybridized carbons (Fsp3) is 0.308. The van der Waals surface area contributed by atoms with Crippen molar-refractivity contribution in [3.8, 4) is 17.3 Å². The van der Waals surface area contributed by atoms with Crippen molar-refractivity contribution in [3.63, 3.8) is 0 Å². The quantitative estimate of drug-likeness (QED) is 0.293. The number of rotatable bonds is 1. The van der Waals surface area contributed by atoms with E-state index in [0.29, 0.717) is 33.9 Å². The first-order valence-corrected chi connectivity index (χ1v) is 11.9. The van der Waals surface area contributed by atoms with E-state index in [1.807, 2.05) is 32.0 Å². The van der Waals surface area contributed by atoms with Crippen LogP contribution in [0.15, 0.2) is 45.6 Å². The van der Waals surface area contributed by atoms with E-state index in [1.54, 1.807) is 16.8 Å². The number of aryl methyl sites for hydroxylation is 2. The third-order valence-corrected chi connectivity index (χ3v) is 7.76. The van der Waals surface area contributed by atoms with Crippen molar-refractivity contribution in [1.29, 1.82) is 0 Å². The van der Waals surface area contributed by atoms with Gasteiger partial charge in [0.05, 0.1) is 28.0 Å². The van der Waals surface area contributed by atoms with Crippen LogP contribution in [-0.2, 0) is 0 Å². The molecule has 174 valence electrons. The van der Waals surface area contributed by atoms with Gasteiger partial charge in [0, 0.05) is 34.4 Å². The van der Waals surface area contributed by atoms with E-state index in [-0.39, 0.29) is 17.5 Å². The van der Waals surface area contributed by atoms with Crippen molar-refractivity contribution >= 4 is 34.2 Å². The molecular formula is C26H22Cl2N2O4. The van der Waals surface area contributed by atoms with Crippen LogP contribution in [0.25, 0.3) is 16.7 Å². The molecule has 6 nitrogen and oxygen atoms in total. The highest BCUT2D eigenvalue weighted by atomic mass is 35.5. The number of aromatic nitrogens is 2. The van der Waals surface area contributed by atoms with Gasteiger partial charge in [0.15, 0.2) is 0 Å². The van der Waals surface area contributed by atoms with Crippen molar-refractivity contribution in [1.82, 2.24) is 9.78 Å². The summed E-state index contributed by atoms with van der Waals surface area (Å²) < 4.78 is 20.4. The summed E-state index contributed by atoms with van der Waals surface area (Å²) in [5.74, 6) is 1.21. The molecule has 0 spiro atoms. The fourth-order valence-corrected chi connectivity index (χ4v) is 5.61. The van der Waals surface area contributed by atoms with Crippen LogP contribution in [0.4, 0.5) is 0 Å². The lowest BCUT2D eigenvalue weighted by Gasteiger charge is -2.46. The lowest BCUT2D eigenvalue weighted by molar-refractivity contribution is -0.0184. The third-order valence-electron chi connectivity index (χ3n) is 7.02. The van der Waals surface area contributed by atoms with Crippen molar-refractivity contribution in [3.05, 3.63) is 79.2 Å². The Labute approximate surface area is 206 Å². The highest BCUT2D eigenvalue weighted by Gasteiger charge is 2.51. The summed E-state index contributed by atoms with van der Waals surface area (Å²) >= 11 is 12.5. The molecule has 4 heterocycles. The number of benzene rings is 2. The van der Waals surface area contributed by atoms with E-state index < -0.39 is 5.60 Å². The van der Waals surface area contributed by atoms with Crippen LogP contribution < -0.4 is 15.1 Å². The van der Waals surface area contributed by atoms with Gasteiger partial charge in [-0.1, -0.05) is 23.2 Å². The Hall–Kier alpha value is -2.96. The molecule has 2 aromatic heterocycles. The minimum absolute atomic E-state index is 0.0194. The van der Waals surface area contributed by atoms with E-state index in [4.69, 9.17) is 42.2 Å². The number of fused-ring (bicyclic) bond motifs is 7. The molecule has 2 aromatic carbocycles. The molecule has 0 radical (unpaired) electrons. The molecule has 0 fully saturated rings. The molecule has 0 unspecified atom stereocenters. The molecule has 2 aliphatic heterocycles. The molecule has 34 heavy (non-hydrogen) atoms. The molecule has 6 rings (SSSR count). The van der Waals surface area contributed by atoms with Gasteiger partial charge in [-0.05, 0) is 63.6 Å². The summed E-state index contributed by atoms with van der Waals surface area (Å²) in [6.45, 7) is 8.46. The number of ether oxygens (including phenoxy) is 2. The Bertz CT molecular complexity index is 1550. The number of nitrogens with zero attached hydrogens (tertiary/aromatic N) is 2. The second-order valence-electron chi connectivity index (χ2n) is 9.52. The Morgan fingerprint density at radius 3 is 2.62 bits per heavy atom. The molecule has 4 aromatic rings. The van der Waals surface area contributed by atoms with Gasteiger partial charge in [0.25, 0.3) is 0 Å². The topological polar surface area (TPSA) is 66.5 Å². The molecule has 0 N–H and O–H groups in total. The maximum atomic E-state index is 12.4. The molecule has 0 bridgehead atoms. The van der Waals surface area contributed by atoms with Gasteiger partial charge in [0.1, 0.15) is 16.9 Å². The summed E-state index contributed by atoms with van der Waals surface area (Å²) in [6, 6.07) is 10.8. The molecule has 0 saturated carbocycles. The summed E-state index contributed by atoms with van der Waals surface area (Å²) in [4.78, 5) is 12.4. The van der Waals surface area contributed by atoms with Gasteiger partial charge in [-0.2, -0.15) is 5.10 Å². The second-order valence-corrected chi connectivity index (χ2v) is 10.3. The number of hydrogen-bond acceptors (Lipinski definition) is 5. The SMILES string of the molecule is Cc1nn(-c2ccc(Cl)c(Cl)c2)c2c1[C@@H]1c3c(ccc4c(C)cc(=O)oc34)OC[C@@H]1C(C)(C)O2. The van der Waals surface area contributed by atoms with Crippen molar-refractivity contribution < 1.29 is 13.9 Å². The van der Waals surface area contributed by atoms with Gasteiger partial charge in [-0.25, -0.2) is 9.48 Å². The van der Waals surface area contributed by atoms with Gasteiger partial charge in [0.2, 0.25) is 5.88 Å². The first-order valence-electron chi connectivity index (χ1n) is 11.1. The van der Waals surface area contributed by atoms with Crippen LogP contribution in [0.5, 0.6) is 11.6 Å². The molecule has 0 amide bonds. The van der Waals surface area contributed by atoms with Crippen LogP contribution in [-0.4, -0.2) is 22.0 Å². The van der Waals surface area contributed by atoms with Crippen molar-refractivity contribution in [2.45, 2.75) is 39.2 Å². The maximum Gasteiger partial charge on any atom is 0.336 e. The Kier molecular flexibility index (Phi) is 4.61. The van der Waals surface area contributed by atoms with Crippen LogP contribution in [0.2, 0.25) is 10.0 Å². The van der Waals surface area contributed by atoms with E-state index in [0.717, 1.165) is 33.5 Å². The maximum absolute atomic E-state index is 12.4. The van der Waals surface area contributed by atoms with Crippen molar-refractivity contribution in [2.24, 2.45) is 5.92 Å². The molecule has 0 aliphatic carbocycles. The minimum Gasteiger partial charge on any atom is -0.493 e. The largest absolute Gasteiger partial charge is 0.493 e. The number of hydrogen-bond donors (Lipinski definition) is 0. The monoisotopic (exact) mass is 496 g/mol. The first-order chi connectivity index (χ1) is 16.2. The normalized spacial score (nSPS) is 20.2. The van der Waals surface area contributed by atoms with E-state index in [2.05, 4.69) is 13.8 Å². The van der Waals surface area contributed by atoms with Crippen LogP contribution >= 0.6 is 23.2 Å². The smallest absolute Gasteiger partial charge is 0.336 e. The van der Waals surface area contributed by atoms with E-state index in [9.17, 15) is 4.79 Å². The van der Waals surface area contributed by atoms with E-state index in [1.165, 1.54) is 6.07 Å². The molecule has 2 aliphatic rings. The lowest BCUT2D eigenvalue weighted by Crippen LogP contribution is -2.49. The Balaban J connectivity index is 1.66. The highest BCUT2D eigenvalue weighted by Crippen LogP contribution is 2.55. The standard InChI is InChI=1S/C26H22Cl2N2O4/c1-12-9-20(31)33-24-15(12)6-8-19-23(24)22-16(11-32-19)26(3,4)34-25-21(22)13(2)29-30(25)14-5-7-17(27)18(28)10-14/h5-10,16,22H,11H2,1-4H3/t16-,22+/m0/s1. The van der Waals surface area contributed by atoms with Crippen LogP contribution in [0.1, 0.15) is 42.1 Å². The van der Waals surface area contributed by atoms with Gasteiger partial charge < -0.3 is 13.9 Å². The number of halogens is 2. The highest BCUT2D eigenvalue weighted by molar-refractivity contribution is 6.42. The molecular weight excluding hydrogens is 475 g/mol. The van der Waals surface area contributed by atoms with E-state index >= 15 is 0 Å². The van der Waals surface area contributed by atoms with Gasteiger partial charge in [-0.3, -0.25) is 0 Å². The fourth-order valence-electron chi connectivity index (χ4n) is 5.32. The van der Waals surface area contributed by atoms with Crippen LogP contribution in [0, 0.1) is 19.8 Å². The predicted octanol–water partition coefficient (Wildman–Crippen LogP) is 6.21. The Morgan fingerprint density at radius 1 is 1.06 bits per heavy atom. The summed E-state index contributed by atoms with van der Waals surface area (Å²) in [5, 5.41) is 6.64. The summed E-state index contributed by atoms with van der Waals surface area (Å²) in [5.41, 5.74) is 3.86. The second kappa shape index (κ2) is 7.27. The zero-order valence-electron chi connectivity index (χ0n) is 19.1. The predicted molar refractivity (Wildman–Crippen MR) is 131 cm³/mol. The first kappa shape index (κ1) is 21.6. The van der Waals surface area contributed by atoms with Gasteiger partial charge >= 0.3 is 5.63 Å². The van der Waals surface area contributed by atoms with Gasteiger partial charge in [-0.15, -0.1) is 0 Å². The lowest BCUT2D eigenvalue weighted by atomic mass is 9.70. The molecule has 2 atom stereocenters. The zero-order chi connectivity index (χ0) is 23.9. The average Bonchev–Trinajstić information content (AvgIpc) is 3.09.